The summed E-state index contributed by atoms with van der Waals surface area (Å²) >= 11 is 0.799. The number of rotatable bonds is 6. The molecule has 3 aromatic rings. The molecule has 0 aliphatic rings. The van der Waals surface area contributed by atoms with Crippen LogP contribution >= 0.6 is 11.3 Å². The van der Waals surface area contributed by atoms with Gasteiger partial charge in [0, 0.05) is 13.1 Å². The molecule has 0 saturated carbocycles. The van der Waals surface area contributed by atoms with E-state index < -0.39 is 15.9 Å². The van der Waals surface area contributed by atoms with Gasteiger partial charge in [0.05, 0.1) is 5.69 Å². The first-order valence-electron chi connectivity index (χ1n) is 8.29. The van der Waals surface area contributed by atoms with Gasteiger partial charge in [-0.3, -0.25) is 14.4 Å². The average Bonchev–Trinajstić information content (AvgIpc) is 3.16. The number of sulfonamides is 1. The maximum Gasteiger partial charge on any atom is 0.293 e. The Hall–Kier alpha value is -3.04. The van der Waals surface area contributed by atoms with Crippen LogP contribution in [0.4, 0.5) is 10.8 Å². The number of hydrogen-bond acceptors (Lipinski definition) is 6. The largest absolute Gasteiger partial charge is 0.297 e. The van der Waals surface area contributed by atoms with Crippen molar-refractivity contribution in [3.8, 4) is 0 Å². The lowest BCUT2D eigenvalue weighted by atomic mass is 10.2. The molecule has 0 bridgehead atoms. The zero-order valence-corrected chi connectivity index (χ0v) is 16.9. The smallest absolute Gasteiger partial charge is 0.293 e. The lowest BCUT2D eigenvalue weighted by molar-refractivity contribution is -0.111. The molecule has 9 heteroatoms. The molecule has 0 aliphatic heterocycles. The van der Waals surface area contributed by atoms with E-state index in [2.05, 4.69) is 15.5 Å². The summed E-state index contributed by atoms with van der Waals surface area (Å²) in [6.45, 7) is 1.88. The summed E-state index contributed by atoms with van der Waals surface area (Å²) in [5.74, 6) is -0.420. The second-order valence-electron chi connectivity index (χ2n) is 5.92. The predicted octanol–water partition coefficient (Wildman–Crippen LogP) is 3.32. The molecule has 7 nitrogen and oxygen atoms in total. The van der Waals surface area contributed by atoms with E-state index >= 15 is 0 Å². The van der Waals surface area contributed by atoms with Gasteiger partial charge in [-0.15, -0.1) is 10.2 Å². The molecule has 0 atom stereocenters. The molecule has 2 aromatic carbocycles. The Labute approximate surface area is 167 Å². The van der Waals surface area contributed by atoms with Gasteiger partial charge in [-0.05, 0) is 36.3 Å². The summed E-state index contributed by atoms with van der Waals surface area (Å²) < 4.78 is 26.5. The fourth-order valence-electron chi connectivity index (χ4n) is 2.33. The van der Waals surface area contributed by atoms with Crippen molar-refractivity contribution in [2.75, 3.05) is 16.7 Å². The van der Waals surface area contributed by atoms with Crippen LogP contribution in [0.5, 0.6) is 0 Å². The standard InChI is InChI=1S/C19H18N4O3S2/c1-14-7-6-10-16(13-14)23(2)28(25,26)19-22-21-18(27-19)20-17(24)12-11-15-8-4-3-5-9-15/h3-13H,1-2H3,(H,20,21,24). The number of anilines is 2. The highest BCUT2D eigenvalue weighted by molar-refractivity contribution is 7.94. The number of amides is 1. The van der Waals surface area contributed by atoms with E-state index in [1.54, 1.807) is 24.3 Å². The second kappa shape index (κ2) is 8.32. The van der Waals surface area contributed by atoms with Crippen molar-refractivity contribution < 1.29 is 13.2 Å². The Kier molecular flexibility index (Phi) is 5.86. The third kappa shape index (κ3) is 4.62. The minimum atomic E-state index is -3.87. The monoisotopic (exact) mass is 414 g/mol. The first kappa shape index (κ1) is 19.7. The van der Waals surface area contributed by atoms with Gasteiger partial charge in [0.1, 0.15) is 0 Å². The summed E-state index contributed by atoms with van der Waals surface area (Å²) in [5.41, 5.74) is 2.33. The molecule has 1 N–H and O–H groups in total. The van der Waals surface area contributed by atoms with Crippen LogP contribution in [0.15, 0.2) is 65.0 Å². The van der Waals surface area contributed by atoms with Crippen molar-refractivity contribution in [1.29, 1.82) is 0 Å². The average molecular weight is 415 g/mol. The molecule has 0 radical (unpaired) electrons. The number of hydrogen-bond donors (Lipinski definition) is 1. The third-order valence-electron chi connectivity index (χ3n) is 3.81. The highest BCUT2D eigenvalue weighted by Gasteiger charge is 2.26. The molecule has 3 rings (SSSR count). The molecule has 0 saturated heterocycles. The quantitative estimate of drug-likeness (QED) is 0.493. The molecule has 0 spiro atoms. The van der Waals surface area contributed by atoms with E-state index in [0.29, 0.717) is 5.69 Å². The number of nitrogens with one attached hydrogen (secondary N) is 1. The number of carbonyl (C=O) groups excluding carboxylic acids is 1. The van der Waals surface area contributed by atoms with Gasteiger partial charge in [-0.2, -0.15) is 8.42 Å². The number of benzene rings is 2. The van der Waals surface area contributed by atoms with Crippen molar-refractivity contribution in [3.05, 3.63) is 71.8 Å². The zero-order valence-electron chi connectivity index (χ0n) is 15.2. The number of aryl methyl sites for hydroxylation is 1. The lowest BCUT2D eigenvalue weighted by Gasteiger charge is -2.17. The number of nitrogens with zero attached hydrogens (tertiary/aromatic N) is 3. The van der Waals surface area contributed by atoms with Crippen LogP contribution in [0.25, 0.3) is 6.08 Å². The van der Waals surface area contributed by atoms with Crippen LogP contribution in [0, 0.1) is 6.92 Å². The van der Waals surface area contributed by atoms with E-state index in [1.165, 1.54) is 13.1 Å². The topological polar surface area (TPSA) is 92.3 Å². The van der Waals surface area contributed by atoms with E-state index in [0.717, 1.165) is 26.8 Å². The van der Waals surface area contributed by atoms with Crippen molar-refractivity contribution in [3.63, 3.8) is 0 Å². The van der Waals surface area contributed by atoms with Crippen molar-refractivity contribution in [2.24, 2.45) is 0 Å². The Morgan fingerprint density at radius 3 is 2.57 bits per heavy atom. The molecular weight excluding hydrogens is 396 g/mol. The third-order valence-corrected chi connectivity index (χ3v) is 6.78. The molecule has 28 heavy (non-hydrogen) atoms. The number of carbonyl (C=O) groups is 1. The second-order valence-corrected chi connectivity index (χ2v) is 9.04. The first-order chi connectivity index (χ1) is 13.4. The minimum Gasteiger partial charge on any atom is -0.297 e. The summed E-state index contributed by atoms with van der Waals surface area (Å²) in [6, 6.07) is 16.5. The van der Waals surface area contributed by atoms with Crippen LogP contribution in [-0.4, -0.2) is 31.6 Å². The molecular formula is C19H18N4O3S2. The Bertz CT molecular complexity index is 1110. The van der Waals surface area contributed by atoms with Crippen LogP contribution in [0.2, 0.25) is 0 Å². The van der Waals surface area contributed by atoms with Gasteiger partial charge in [0.15, 0.2) is 0 Å². The summed E-state index contributed by atoms with van der Waals surface area (Å²) in [7, 11) is -2.42. The molecule has 1 amide bonds. The maximum absolute atomic E-state index is 12.8. The minimum absolute atomic E-state index is 0.110. The highest BCUT2D eigenvalue weighted by Crippen LogP contribution is 2.26. The van der Waals surface area contributed by atoms with Gasteiger partial charge in [0.2, 0.25) is 11.0 Å². The summed E-state index contributed by atoms with van der Waals surface area (Å²) in [4.78, 5) is 12.0. The van der Waals surface area contributed by atoms with E-state index in [4.69, 9.17) is 0 Å². The van der Waals surface area contributed by atoms with Gasteiger partial charge >= 0.3 is 0 Å². The molecule has 0 aliphatic carbocycles. The van der Waals surface area contributed by atoms with Crippen LogP contribution < -0.4 is 9.62 Å². The van der Waals surface area contributed by atoms with Gasteiger partial charge in [0.25, 0.3) is 14.4 Å². The highest BCUT2D eigenvalue weighted by atomic mass is 32.2. The van der Waals surface area contributed by atoms with Gasteiger partial charge < -0.3 is 0 Å². The molecule has 1 heterocycles. The fraction of sp³-hybridized carbons (Fsp3) is 0.105. The lowest BCUT2D eigenvalue weighted by Crippen LogP contribution is -2.26. The van der Waals surface area contributed by atoms with Gasteiger partial charge in [-0.1, -0.05) is 53.8 Å². The summed E-state index contributed by atoms with van der Waals surface area (Å²) in [5, 5.41) is 10.1. The summed E-state index contributed by atoms with van der Waals surface area (Å²) in [6.07, 6.45) is 3.00. The normalized spacial score (nSPS) is 11.5. The van der Waals surface area contributed by atoms with Crippen LogP contribution in [0.1, 0.15) is 11.1 Å². The Balaban J connectivity index is 1.72. The fourth-order valence-corrected chi connectivity index (χ4v) is 4.57. The number of aromatic nitrogens is 2. The van der Waals surface area contributed by atoms with Gasteiger partial charge in [-0.25, -0.2) is 0 Å². The van der Waals surface area contributed by atoms with E-state index in [9.17, 15) is 13.2 Å². The zero-order chi connectivity index (χ0) is 20.1. The Morgan fingerprint density at radius 2 is 1.86 bits per heavy atom. The molecule has 1 aromatic heterocycles. The molecule has 0 unspecified atom stereocenters. The van der Waals surface area contributed by atoms with E-state index in [1.807, 2.05) is 43.3 Å². The predicted molar refractivity (Wildman–Crippen MR) is 111 cm³/mol. The SMILES string of the molecule is Cc1cccc(N(C)S(=O)(=O)c2nnc(NC(=O)C=Cc3ccccc3)s2)c1. The molecule has 0 fully saturated rings. The van der Waals surface area contributed by atoms with Crippen molar-refractivity contribution in [1.82, 2.24) is 10.2 Å². The van der Waals surface area contributed by atoms with Crippen LogP contribution in [-0.2, 0) is 14.8 Å². The van der Waals surface area contributed by atoms with Crippen molar-refractivity contribution in [2.45, 2.75) is 11.3 Å². The Morgan fingerprint density at radius 1 is 1.11 bits per heavy atom. The van der Waals surface area contributed by atoms with Crippen LogP contribution in [0.3, 0.4) is 0 Å². The molecule has 144 valence electrons. The van der Waals surface area contributed by atoms with Crippen molar-refractivity contribution >= 4 is 44.2 Å². The first-order valence-corrected chi connectivity index (χ1v) is 10.5. The van der Waals surface area contributed by atoms with E-state index in [-0.39, 0.29) is 9.47 Å². The maximum atomic E-state index is 12.8.